The van der Waals surface area contributed by atoms with Crippen molar-refractivity contribution in [2.24, 2.45) is 0 Å². The van der Waals surface area contributed by atoms with Crippen LogP contribution in [0.15, 0.2) is 34.9 Å². The van der Waals surface area contributed by atoms with Gasteiger partial charge in [0.25, 0.3) is 5.91 Å². The molecule has 0 saturated heterocycles. The van der Waals surface area contributed by atoms with E-state index in [1.54, 1.807) is 0 Å². The summed E-state index contributed by atoms with van der Waals surface area (Å²) in [5.74, 6) is -0.840. The van der Waals surface area contributed by atoms with Gasteiger partial charge >= 0.3 is 0 Å². The molecule has 0 aromatic rings. The van der Waals surface area contributed by atoms with Crippen LogP contribution in [0.1, 0.15) is 53.4 Å². The fourth-order valence-electron chi connectivity index (χ4n) is 1.81. The zero-order chi connectivity index (χ0) is 19.3. The third-order valence-corrected chi connectivity index (χ3v) is 3.62. The minimum absolute atomic E-state index is 0.146. The highest BCUT2D eigenvalue weighted by atomic mass is 31.2. The smallest absolute Gasteiger partial charge is 0.269 e. The fourth-order valence-corrected chi connectivity index (χ4v) is 2.09. The first kappa shape index (κ1) is 23.8. The molecule has 0 aliphatic rings. The van der Waals surface area contributed by atoms with Crippen LogP contribution in [0.4, 0.5) is 0 Å². The Hall–Kier alpha value is -1.24. The quantitative estimate of drug-likeness (QED) is 0.243. The molecule has 1 amide bonds. The van der Waals surface area contributed by atoms with Crippen molar-refractivity contribution in [1.82, 2.24) is 5.48 Å². The van der Waals surface area contributed by atoms with Crippen LogP contribution in [0, 0.1) is 0 Å². The number of hydroxylamine groups is 1. The van der Waals surface area contributed by atoms with Crippen LogP contribution < -0.4 is 15.3 Å². The molecule has 0 heterocycles. The van der Waals surface area contributed by atoms with E-state index in [0.717, 1.165) is 31.3 Å². The summed E-state index contributed by atoms with van der Waals surface area (Å²) in [5.41, 5.74) is 5.80. The maximum absolute atomic E-state index is 11.1. The first-order chi connectivity index (χ1) is 11.6. The maximum atomic E-state index is 11.1. The van der Waals surface area contributed by atoms with Gasteiger partial charge < -0.3 is 18.9 Å². The van der Waals surface area contributed by atoms with Gasteiger partial charge in [0.2, 0.25) is 0 Å². The van der Waals surface area contributed by atoms with Crippen molar-refractivity contribution in [3.63, 3.8) is 0 Å². The zero-order valence-corrected chi connectivity index (χ0v) is 16.3. The molecular weight excluding hydrogens is 345 g/mol. The number of phosphoric acid groups is 1. The molecule has 0 radical (unpaired) electrons. The molecule has 0 unspecified atom stereocenters. The largest absolute Gasteiger partial charge is 0.790 e. The second-order valence-electron chi connectivity index (χ2n) is 6.02. The van der Waals surface area contributed by atoms with E-state index in [4.69, 9.17) is 4.84 Å². The lowest BCUT2D eigenvalue weighted by Gasteiger charge is -2.27. The van der Waals surface area contributed by atoms with Crippen molar-refractivity contribution in [2.75, 3.05) is 13.2 Å². The van der Waals surface area contributed by atoms with Gasteiger partial charge in [-0.1, -0.05) is 34.9 Å². The Morgan fingerprint density at radius 3 is 2.12 bits per heavy atom. The van der Waals surface area contributed by atoms with Crippen LogP contribution in [0.3, 0.4) is 0 Å². The van der Waals surface area contributed by atoms with Gasteiger partial charge in [-0.15, -0.1) is 0 Å². The van der Waals surface area contributed by atoms with Gasteiger partial charge in [-0.3, -0.25) is 9.63 Å². The van der Waals surface area contributed by atoms with Crippen LogP contribution in [0.25, 0.3) is 0 Å². The molecule has 0 aliphatic carbocycles. The van der Waals surface area contributed by atoms with Crippen molar-refractivity contribution < 1.29 is 28.5 Å². The van der Waals surface area contributed by atoms with Gasteiger partial charge in [-0.25, -0.2) is 5.48 Å². The normalized spacial score (nSPS) is 12.9. The van der Waals surface area contributed by atoms with Crippen LogP contribution in [0.2, 0.25) is 0 Å². The summed E-state index contributed by atoms with van der Waals surface area (Å²) in [7, 11) is -5.14. The molecule has 0 rings (SSSR count). The van der Waals surface area contributed by atoms with Gasteiger partial charge in [0.05, 0.1) is 14.4 Å². The van der Waals surface area contributed by atoms with E-state index >= 15 is 0 Å². The highest BCUT2D eigenvalue weighted by Crippen LogP contribution is 2.23. The lowest BCUT2D eigenvalue weighted by atomic mass is 10.1. The molecule has 8 heteroatoms. The standard InChI is InChI=1S/C17H30NO6P/c1-14(2)7-5-8-15(3)9-6-10-16(4)11-12-23-18-17(19)13-24-25(20,21)22/h7,9,11H,5-6,8,10,12-13H2,1-4H3,(H,18,19)(H2,20,21,22)/p-2/b15-9+,16-11+. The molecule has 25 heavy (non-hydrogen) atoms. The molecule has 0 aromatic heterocycles. The lowest BCUT2D eigenvalue weighted by molar-refractivity contribution is -0.341. The number of carbonyl (C=O) groups excluding carboxylic acids is 1. The Balaban J connectivity index is 3.89. The number of nitrogens with one attached hydrogen (secondary N) is 1. The average Bonchev–Trinajstić information content (AvgIpc) is 2.48. The minimum atomic E-state index is -5.14. The molecule has 0 fully saturated rings. The predicted octanol–water partition coefficient (Wildman–Crippen LogP) is 2.30. The molecule has 0 saturated carbocycles. The van der Waals surface area contributed by atoms with E-state index in [-0.39, 0.29) is 6.61 Å². The Morgan fingerprint density at radius 2 is 1.56 bits per heavy atom. The van der Waals surface area contributed by atoms with Crippen LogP contribution in [0.5, 0.6) is 0 Å². The van der Waals surface area contributed by atoms with E-state index in [9.17, 15) is 19.1 Å². The molecule has 0 spiro atoms. The Bertz CT molecular complexity index is 543. The summed E-state index contributed by atoms with van der Waals surface area (Å²) in [4.78, 5) is 36.4. The molecule has 1 N–H and O–H groups in total. The van der Waals surface area contributed by atoms with Crippen molar-refractivity contribution in [3.8, 4) is 0 Å². The molecule has 0 bridgehead atoms. The van der Waals surface area contributed by atoms with Crippen molar-refractivity contribution in [3.05, 3.63) is 34.9 Å². The number of amides is 1. The molecule has 144 valence electrons. The lowest BCUT2D eigenvalue weighted by Crippen LogP contribution is -2.29. The minimum Gasteiger partial charge on any atom is -0.790 e. The molecule has 0 aromatic carbocycles. The molecule has 0 aliphatic heterocycles. The van der Waals surface area contributed by atoms with Gasteiger partial charge in [0.1, 0.15) is 6.61 Å². The number of hydrogen-bond acceptors (Lipinski definition) is 6. The van der Waals surface area contributed by atoms with E-state index in [1.165, 1.54) is 11.1 Å². The van der Waals surface area contributed by atoms with Crippen LogP contribution in [-0.2, 0) is 18.7 Å². The SMILES string of the molecule is CC(C)=CCC/C(C)=C/CC/C(C)=C/CONC(=O)COP(=O)([O-])[O-]. The number of phosphoric ester groups is 1. The number of allylic oxidation sites excluding steroid dienone is 5. The van der Waals surface area contributed by atoms with Gasteiger partial charge in [-0.2, -0.15) is 0 Å². The van der Waals surface area contributed by atoms with Gasteiger partial charge in [-0.05, 0) is 53.4 Å². The Kier molecular flexibility index (Phi) is 12.4. The number of hydrogen-bond donors (Lipinski definition) is 1. The average molecular weight is 373 g/mol. The van der Waals surface area contributed by atoms with E-state index in [1.807, 2.05) is 18.5 Å². The van der Waals surface area contributed by atoms with Gasteiger partial charge in [0, 0.05) is 0 Å². The first-order valence-corrected chi connectivity index (χ1v) is 9.58. The Morgan fingerprint density at radius 1 is 1.00 bits per heavy atom. The predicted molar refractivity (Wildman–Crippen MR) is 93.1 cm³/mol. The fraction of sp³-hybridized carbons (Fsp3) is 0.588. The summed E-state index contributed by atoms with van der Waals surface area (Å²) in [6.07, 6.45) is 10.2. The second-order valence-corrected chi connectivity index (χ2v) is 7.17. The van der Waals surface area contributed by atoms with Gasteiger partial charge in [0.15, 0.2) is 0 Å². The topological polar surface area (TPSA) is 111 Å². The summed E-state index contributed by atoms with van der Waals surface area (Å²) in [6.45, 7) is 7.54. The van der Waals surface area contributed by atoms with Crippen LogP contribution in [-0.4, -0.2) is 19.1 Å². The van der Waals surface area contributed by atoms with Crippen molar-refractivity contribution in [2.45, 2.75) is 53.4 Å². The van der Waals surface area contributed by atoms with Crippen molar-refractivity contribution >= 4 is 13.7 Å². The molecule has 7 nitrogen and oxygen atoms in total. The van der Waals surface area contributed by atoms with E-state index in [0.29, 0.717) is 0 Å². The number of rotatable bonds is 12. The zero-order valence-electron chi connectivity index (χ0n) is 15.4. The third kappa shape index (κ3) is 17.4. The first-order valence-electron chi connectivity index (χ1n) is 8.12. The summed E-state index contributed by atoms with van der Waals surface area (Å²) < 4.78 is 14.0. The van der Waals surface area contributed by atoms with E-state index in [2.05, 4.69) is 37.4 Å². The van der Waals surface area contributed by atoms with E-state index < -0.39 is 20.3 Å². The summed E-state index contributed by atoms with van der Waals surface area (Å²) >= 11 is 0. The summed E-state index contributed by atoms with van der Waals surface area (Å²) in [5, 5.41) is 0. The highest BCUT2D eigenvalue weighted by molar-refractivity contribution is 7.43. The number of carbonyl (C=O) groups is 1. The Labute approximate surface area is 150 Å². The van der Waals surface area contributed by atoms with Crippen LogP contribution >= 0.6 is 7.82 Å². The maximum Gasteiger partial charge on any atom is 0.269 e. The molecule has 0 atom stereocenters. The monoisotopic (exact) mass is 373 g/mol. The third-order valence-electron chi connectivity index (χ3n) is 3.18. The second kappa shape index (κ2) is 13.0. The molecular formula is C17H28NO6P-2. The summed E-state index contributed by atoms with van der Waals surface area (Å²) in [6, 6.07) is 0. The van der Waals surface area contributed by atoms with Crippen molar-refractivity contribution in [1.29, 1.82) is 0 Å². The highest BCUT2D eigenvalue weighted by Gasteiger charge is 2.02.